The Kier molecular flexibility index (Phi) is 3.50. The maximum atomic E-state index is 5.86. The van der Waals surface area contributed by atoms with E-state index in [-0.39, 0.29) is 0 Å². The van der Waals surface area contributed by atoms with Crippen molar-refractivity contribution in [3.8, 4) is 0 Å². The molecule has 0 aliphatic carbocycles. The first-order valence-corrected chi connectivity index (χ1v) is 7.25. The molecule has 1 aromatic heterocycles. The van der Waals surface area contributed by atoms with Crippen LogP contribution in [-0.4, -0.2) is 10.2 Å². The summed E-state index contributed by atoms with van der Waals surface area (Å²) in [6, 6.07) is 6.02. The summed E-state index contributed by atoms with van der Waals surface area (Å²) < 4.78 is 0.945. The van der Waals surface area contributed by atoms with E-state index in [0.717, 1.165) is 14.9 Å². The van der Waals surface area contributed by atoms with Crippen LogP contribution in [0.2, 0.25) is 0 Å². The van der Waals surface area contributed by atoms with Gasteiger partial charge in [-0.05, 0) is 46.2 Å². The van der Waals surface area contributed by atoms with Crippen LogP contribution in [0.3, 0.4) is 0 Å². The fourth-order valence-electron chi connectivity index (χ4n) is 0.994. The van der Waals surface area contributed by atoms with E-state index in [0.29, 0.717) is 0 Å². The highest BCUT2D eigenvalue weighted by atomic mass is 33.1. The summed E-state index contributed by atoms with van der Waals surface area (Å²) in [6.07, 6.45) is 0. The lowest BCUT2D eigenvalue weighted by Gasteiger charge is -2.03. The molecule has 1 heterocycles. The zero-order chi connectivity index (χ0) is 10.7. The monoisotopic (exact) mass is 255 g/mol. The second kappa shape index (κ2) is 4.87. The molecule has 0 saturated heterocycles. The number of aryl methyl sites for hydroxylation is 1. The maximum absolute atomic E-state index is 5.86. The van der Waals surface area contributed by atoms with Crippen LogP contribution in [0, 0.1) is 6.92 Å². The highest BCUT2D eigenvalue weighted by molar-refractivity contribution is 8.77. The van der Waals surface area contributed by atoms with E-state index >= 15 is 0 Å². The molecule has 2 N–H and O–H groups in total. The molecule has 15 heavy (non-hydrogen) atoms. The van der Waals surface area contributed by atoms with E-state index in [2.05, 4.69) is 23.2 Å². The fraction of sp³-hybridized carbons (Fsp3) is 0.111. The minimum absolute atomic E-state index is 0.808. The van der Waals surface area contributed by atoms with Crippen molar-refractivity contribution < 1.29 is 0 Å². The number of nitrogens with two attached hydrogens (primary N) is 1. The number of rotatable bonds is 3. The van der Waals surface area contributed by atoms with Gasteiger partial charge in [0.05, 0.1) is 0 Å². The Balaban J connectivity index is 2.07. The Morgan fingerprint density at radius 1 is 1.33 bits per heavy atom. The van der Waals surface area contributed by atoms with Gasteiger partial charge in [0.2, 0.25) is 0 Å². The highest BCUT2D eigenvalue weighted by Crippen LogP contribution is 2.40. The van der Waals surface area contributed by atoms with Gasteiger partial charge in [0.25, 0.3) is 0 Å². The largest absolute Gasteiger partial charge is 0.398 e. The Labute approximate surface area is 99.9 Å². The lowest BCUT2D eigenvalue weighted by Crippen LogP contribution is -1.87. The molecule has 1 aromatic carbocycles. The number of nitrogens with zero attached hydrogens (tertiary/aromatic N) is 2. The minimum Gasteiger partial charge on any atom is -0.398 e. The van der Waals surface area contributed by atoms with Gasteiger partial charge in [0.15, 0.2) is 4.34 Å². The quantitative estimate of drug-likeness (QED) is 0.674. The number of aromatic nitrogens is 2. The van der Waals surface area contributed by atoms with Crippen molar-refractivity contribution in [2.75, 3.05) is 5.73 Å². The average molecular weight is 255 g/mol. The lowest BCUT2D eigenvalue weighted by atomic mass is 10.2. The SMILES string of the molecule is Cc1ccc(N)c(SSc2nncs2)c1. The first-order valence-electron chi connectivity index (χ1n) is 4.22. The number of hydrogen-bond donors (Lipinski definition) is 1. The van der Waals surface area contributed by atoms with Gasteiger partial charge in [-0.2, -0.15) is 0 Å². The van der Waals surface area contributed by atoms with E-state index in [1.54, 1.807) is 27.1 Å². The standard InChI is InChI=1S/C9H9N3S3/c1-6-2-3-7(10)8(4-6)14-15-9-12-11-5-13-9/h2-5H,10H2,1H3. The number of anilines is 1. The molecular formula is C9H9N3S3. The van der Waals surface area contributed by atoms with Crippen molar-refractivity contribution in [1.82, 2.24) is 10.2 Å². The number of hydrogen-bond acceptors (Lipinski definition) is 6. The van der Waals surface area contributed by atoms with Gasteiger partial charge in [-0.15, -0.1) is 10.2 Å². The Morgan fingerprint density at radius 3 is 2.93 bits per heavy atom. The minimum atomic E-state index is 0.808. The van der Waals surface area contributed by atoms with Gasteiger partial charge in [-0.1, -0.05) is 17.4 Å². The van der Waals surface area contributed by atoms with Gasteiger partial charge < -0.3 is 5.73 Å². The van der Waals surface area contributed by atoms with E-state index in [9.17, 15) is 0 Å². The molecule has 0 atom stereocenters. The molecule has 6 heteroatoms. The Bertz CT molecular complexity index is 442. The topological polar surface area (TPSA) is 51.8 Å². The average Bonchev–Trinajstić information content (AvgIpc) is 2.72. The molecule has 0 fully saturated rings. The molecule has 0 unspecified atom stereocenters. The number of benzene rings is 1. The molecule has 0 radical (unpaired) electrons. The van der Waals surface area contributed by atoms with Crippen LogP contribution < -0.4 is 5.73 Å². The highest BCUT2D eigenvalue weighted by Gasteiger charge is 2.04. The lowest BCUT2D eigenvalue weighted by molar-refractivity contribution is 1.01. The van der Waals surface area contributed by atoms with E-state index in [1.807, 2.05) is 12.1 Å². The van der Waals surface area contributed by atoms with Crippen molar-refractivity contribution in [3.05, 3.63) is 29.3 Å². The molecule has 0 amide bonds. The predicted octanol–water partition coefficient (Wildman–Crippen LogP) is 3.23. The zero-order valence-corrected chi connectivity index (χ0v) is 10.5. The molecule has 0 aliphatic heterocycles. The van der Waals surface area contributed by atoms with Gasteiger partial charge in [0, 0.05) is 10.6 Å². The summed E-state index contributed by atoms with van der Waals surface area (Å²) in [5, 5.41) is 7.73. The van der Waals surface area contributed by atoms with Crippen LogP contribution in [0.15, 0.2) is 32.9 Å². The molecular weight excluding hydrogens is 246 g/mol. The van der Waals surface area contributed by atoms with Gasteiger partial charge in [-0.25, -0.2) is 0 Å². The van der Waals surface area contributed by atoms with E-state index in [4.69, 9.17) is 5.73 Å². The second-order valence-electron chi connectivity index (χ2n) is 2.91. The molecule has 3 nitrogen and oxygen atoms in total. The van der Waals surface area contributed by atoms with E-state index < -0.39 is 0 Å². The van der Waals surface area contributed by atoms with Crippen molar-refractivity contribution in [2.45, 2.75) is 16.2 Å². The Hall–Kier alpha value is -0.720. The summed E-state index contributed by atoms with van der Waals surface area (Å²) in [5.74, 6) is 0. The molecule has 2 rings (SSSR count). The van der Waals surface area contributed by atoms with Crippen molar-refractivity contribution in [1.29, 1.82) is 0 Å². The molecule has 0 bridgehead atoms. The first-order chi connectivity index (χ1) is 7.25. The summed E-state index contributed by atoms with van der Waals surface area (Å²) in [7, 11) is 3.20. The normalized spacial score (nSPS) is 10.5. The van der Waals surface area contributed by atoms with Crippen LogP contribution >= 0.6 is 32.9 Å². The van der Waals surface area contributed by atoms with Gasteiger partial charge >= 0.3 is 0 Å². The molecule has 0 saturated carbocycles. The third-order valence-corrected chi connectivity index (χ3v) is 5.15. The first kappa shape index (κ1) is 10.8. The van der Waals surface area contributed by atoms with Gasteiger partial charge in [0.1, 0.15) is 5.51 Å². The van der Waals surface area contributed by atoms with Crippen molar-refractivity contribution in [3.63, 3.8) is 0 Å². The molecule has 0 aliphatic rings. The van der Waals surface area contributed by atoms with Crippen molar-refractivity contribution >= 4 is 38.6 Å². The molecule has 0 spiro atoms. The fourth-order valence-corrected chi connectivity index (χ4v) is 3.87. The maximum Gasteiger partial charge on any atom is 0.184 e. The smallest absolute Gasteiger partial charge is 0.184 e. The summed E-state index contributed by atoms with van der Waals surface area (Å²) in [5.41, 5.74) is 9.61. The van der Waals surface area contributed by atoms with Crippen molar-refractivity contribution in [2.24, 2.45) is 0 Å². The van der Waals surface area contributed by atoms with Crippen LogP contribution in [0.4, 0.5) is 5.69 Å². The van der Waals surface area contributed by atoms with E-state index in [1.165, 1.54) is 16.9 Å². The summed E-state index contributed by atoms with van der Waals surface area (Å²) in [6.45, 7) is 2.05. The zero-order valence-electron chi connectivity index (χ0n) is 8.01. The summed E-state index contributed by atoms with van der Waals surface area (Å²) in [4.78, 5) is 1.08. The number of nitrogen functional groups attached to an aromatic ring is 1. The Morgan fingerprint density at radius 2 is 2.20 bits per heavy atom. The predicted molar refractivity (Wildman–Crippen MR) is 67.2 cm³/mol. The van der Waals surface area contributed by atoms with Crippen LogP contribution in [0.25, 0.3) is 0 Å². The summed E-state index contributed by atoms with van der Waals surface area (Å²) >= 11 is 1.53. The third kappa shape index (κ3) is 2.87. The van der Waals surface area contributed by atoms with Crippen LogP contribution in [0.5, 0.6) is 0 Å². The third-order valence-electron chi connectivity index (χ3n) is 1.71. The van der Waals surface area contributed by atoms with Crippen LogP contribution in [-0.2, 0) is 0 Å². The molecule has 2 aromatic rings. The molecule has 78 valence electrons. The second-order valence-corrected chi connectivity index (χ2v) is 6.16. The van der Waals surface area contributed by atoms with Gasteiger partial charge in [-0.3, -0.25) is 0 Å². The van der Waals surface area contributed by atoms with Crippen LogP contribution in [0.1, 0.15) is 5.56 Å².